The summed E-state index contributed by atoms with van der Waals surface area (Å²) < 4.78 is 0. The highest BCUT2D eigenvalue weighted by atomic mass is 35.5. The van der Waals surface area contributed by atoms with E-state index < -0.39 is 35.0 Å². The molecule has 4 aliphatic rings. The van der Waals surface area contributed by atoms with Crippen LogP contribution in [0, 0.1) is 23.7 Å². The highest BCUT2D eigenvalue weighted by Crippen LogP contribution is 2.64. The predicted octanol–water partition coefficient (Wildman–Crippen LogP) is 7.07. The van der Waals surface area contributed by atoms with Crippen LogP contribution in [-0.4, -0.2) is 33.4 Å². The zero-order chi connectivity index (χ0) is 33.2. The molecule has 238 valence electrons. The van der Waals surface area contributed by atoms with Crippen LogP contribution in [0.15, 0.2) is 127 Å². The fourth-order valence-corrected chi connectivity index (χ4v) is 9.24. The molecule has 3 aliphatic carbocycles. The summed E-state index contributed by atoms with van der Waals surface area (Å²) in [7, 11) is 0. The minimum absolute atomic E-state index is 0.0236. The van der Waals surface area contributed by atoms with Gasteiger partial charge in [0.05, 0.1) is 23.8 Å². The van der Waals surface area contributed by atoms with Crippen molar-refractivity contribution in [3.8, 4) is 5.75 Å². The summed E-state index contributed by atoms with van der Waals surface area (Å²) >= 11 is 6.93. The molecule has 8 rings (SSSR count). The van der Waals surface area contributed by atoms with Crippen LogP contribution in [-0.2, 0) is 31.1 Å². The van der Waals surface area contributed by atoms with Gasteiger partial charge in [0.2, 0.25) is 11.8 Å². The number of phenols is 1. The molecule has 2 amide bonds. The number of hydrogen-bond donors (Lipinski definition) is 1. The maximum absolute atomic E-state index is 15.0. The van der Waals surface area contributed by atoms with Gasteiger partial charge in [-0.3, -0.25) is 24.1 Å². The molecular weight excluding hydrogens is 622 g/mol. The average Bonchev–Trinajstić information content (AvgIpc) is 3.35. The maximum Gasteiger partial charge on any atom is 0.234 e. The van der Waals surface area contributed by atoms with E-state index in [1.165, 1.54) is 23.1 Å². The number of likely N-dealkylation sites (tertiary alicyclic amines) is 1. The summed E-state index contributed by atoms with van der Waals surface area (Å²) in [6.45, 7) is 0.177. The molecule has 6 atom stereocenters. The fraction of sp³-hybridized carbons (Fsp3) is 0.220. The lowest BCUT2D eigenvalue weighted by Crippen LogP contribution is -2.58. The van der Waals surface area contributed by atoms with E-state index in [2.05, 4.69) is 0 Å². The van der Waals surface area contributed by atoms with Crippen molar-refractivity contribution in [2.75, 3.05) is 0 Å². The average molecular weight is 654 g/mol. The molecule has 0 spiro atoms. The number of halogens is 1. The first-order chi connectivity index (χ1) is 23.3. The second kappa shape index (κ2) is 11.6. The molecule has 1 aliphatic heterocycles. The second-order valence-corrected chi connectivity index (χ2v) is 13.6. The van der Waals surface area contributed by atoms with Gasteiger partial charge in [-0.25, -0.2) is 0 Å². The molecule has 7 heteroatoms. The number of nitrogens with zero attached hydrogens (tertiary/aromatic N) is 1. The lowest BCUT2D eigenvalue weighted by molar-refractivity contribution is -0.141. The molecule has 1 saturated carbocycles. The Morgan fingerprint density at radius 2 is 1.46 bits per heavy atom. The van der Waals surface area contributed by atoms with Gasteiger partial charge >= 0.3 is 0 Å². The molecule has 6 nitrogen and oxygen atoms in total. The number of carbonyl (C=O) groups excluding carboxylic acids is 4. The monoisotopic (exact) mass is 653 g/mol. The molecule has 4 aromatic carbocycles. The van der Waals surface area contributed by atoms with Crippen molar-refractivity contribution in [2.24, 2.45) is 23.7 Å². The number of fused-ring (bicyclic) bond motifs is 4. The molecule has 4 aromatic rings. The zero-order valence-corrected chi connectivity index (χ0v) is 26.7. The van der Waals surface area contributed by atoms with Gasteiger partial charge in [-0.05, 0) is 59.2 Å². The Morgan fingerprint density at radius 1 is 0.792 bits per heavy atom. The Hall–Kier alpha value is -5.07. The maximum atomic E-state index is 15.0. The molecule has 0 radical (unpaired) electrons. The third kappa shape index (κ3) is 4.46. The third-order valence-corrected chi connectivity index (χ3v) is 11.3. The van der Waals surface area contributed by atoms with E-state index in [9.17, 15) is 19.5 Å². The Kier molecular flexibility index (Phi) is 7.30. The Morgan fingerprint density at radius 3 is 2.15 bits per heavy atom. The number of amides is 2. The van der Waals surface area contributed by atoms with Crippen molar-refractivity contribution >= 4 is 40.6 Å². The number of Topliss-reactive ketones (excluding diaryl/α,β-unsaturated/α-hetero) is 1. The minimum atomic E-state index is -1.37. The molecule has 0 unspecified atom stereocenters. The Balaban J connectivity index is 1.34. The van der Waals surface area contributed by atoms with Crippen LogP contribution in [0.4, 0.5) is 0 Å². The third-order valence-electron chi connectivity index (χ3n) is 10.9. The number of carbonyl (C=O) groups is 4. The van der Waals surface area contributed by atoms with Gasteiger partial charge in [-0.1, -0.05) is 120 Å². The van der Waals surface area contributed by atoms with Crippen molar-refractivity contribution in [3.63, 3.8) is 0 Å². The molecule has 48 heavy (non-hydrogen) atoms. The van der Waals surface area contributed by atoms with Crippen molar-refractivity contribution in [3.05, 3.63) is 154 Å². The minimum Gasteiger partial charge on any atom is -0.508 e. The molecule has 0 bridgehead atoms. The number of benzene rings is 4. The Labute approximate surface area is 283 Å². The topological polar surface area (TPSA) is 91.8 Å². The first kappa shape index (κ1) is 30.3. The zero-order valence-electron chi connectivity index (χ0n) is 26.0. The quantitative estimate of drug-likeness (QED) is 0.184. The van der Waals surface area contributed by atoms with Gasteiger partial charge in [0.15, 0.2) is 11.6 Å². The van der Waals surface area contributed by atoms with E-state index in [4.69, 9.17) is 11.6 Å². The van der Waals surface area contributed by atoms with E-state index in [0.29, 0.717) is 28.7 Å². The molecule has 2 fully saturated rings. The second-order valence-electron chi connectivity index (χ2n) is 13.2. The van der Waals surface area contributed by atoms with Crippen LogP contribution in [0.1, 0.15) is 41.0 Å². The number of phenolic OH excluding ortho intramolecular Hbond substituents is 1. The molecule has 0 aromatic heterocycles. The highest BCUT2D eigenvalue weighted by Gasteiger charge is 2.66. The fourth-order valence-electron chi connectivity index (χ4n) is 8.96. The van der Waals surface area contributed by atoms with Gasteiger partial charge < -0.3 is 5.11 Å². The lowest BCUT2D eigenvalue weighted by Gasteiger charge is -2.55. The van der Waals surface area contributed by atoms with Gasteiger partial charge in [0, 0.05) is 22.4 Å². The van der Waals surface area contributed by atoms with Crippen LogP contribution in [0.25, 0.3) is 5.57 Å². The van der Waals surface area contributed by atoms with Crippen molar-refractivity contribution < 1.29 is 24.3 Å². The summed E-state index contributed by atoms with van der Waals surface area (Å²) in [6.07, 6.45) is 4.06. The van der Waals surface area contributed by atoms with Gasteiger partial charge in [-0.15, -0.1) is 0 Å². The SMILES string of the molecule is O=C1C(c2ccccc2)=CC(=O)[C@@]2(c3ccccc3)[C@@H](c3ccc(O)cc3Cl)C3=CC[C@@H]4C(=O)N(Cc5ccccc5)C(=O)[C@@H]4[C@@H]3C[C@@H]12. The van der Waals surface area contributed by atoms with Gasteiger partial charge in [0.1, 0.15) is 5.75 Å². The molecule has 1 N–H and O–H groups in total. The largest absolute Gasteiger partial charge is 0.508 e. The van der Waals surface area contributed by atoms with Crippen LogP contribution >= 0.6 is 11.6 Å². The first-order valence-electron chi connectivity index (χ1n) is 16.3. The number of hydrogen-bond acceptors (Lipinski definition) is 5. The number of rotatable bonds is 5. The standard InChI is InChI=1S/C41H32ClNO5/c42-34-20-27(44)16-17-29(34)37-28-18-19-30-36(40(48)43(39(30)47)23-24-10-4-1-5-11-24)32(28)21-33-38(46)31(25-12-6-2-7-13-25)22-35(45)41(33,37)26-14-8-3-9-15-26/h1-18,20,22,30,32-33,36-37,44H,19,21,23H2/t30-,32+,33-,36-,37+,41-/m0/s1. The summed E-state index contributed by atoms with van der Waals surface area (Å²) in [5.41, 5.74) is 2.59. The highest BCUT2D eigenvalue weighted by molar-refractivity contribution is 6.33. The van der Waals surface area contributed by atoms with E-state index in [1.54, 1.807) is 6.07 Å². The number of imide groups is 1. The van der Waals surface area contributed by atoms with Crippen LogP contribution in [0.5, 0.6) is 5.75 Å². The lowest BCUT2D eigenvalue weighted by atomic mass is 9.44. The molecule has 1 saturated heterocycles. The van der Waals surface area contributed by atoms with E-state index >= 15 is 4.79 Å². The smallest absolute Gasteiger partial charge is 0.234 e. The van der Waals surface area contributed by atoms with Crippen molar-refractivity contribution in [2.45, 2.75) is 30.7 Å². The first-order valence-corrected chi connectivity index (χ1v) is 16.7. The Bertz CT molecular complexity index is 2040. The van der Waals surface area contributed by atoms with Crippen LogP contribution in [0.3, 0.4) is 0 Å². The summed E-state index contributed by atoms with van der Waals surface area (Å²) in [6, 6.07) is 32.7. The summed E-state index contributed by atoms with van der Waals surface area (Å²) in [5, 5.41) is 10.6. The summed E-state index contributed by atoms with van der Waals surface area (Å²) in [4.78, 5) is 59.6. The molecular formula is C41H32ClNO5. The van der Waals surface area contributed by atoms with Gasteiger partial charge in [-0.2, -0.15) is 0 Å². The molecule has 1 heterocycles. The van der Waals surface area contributed by atoms with E-state index in [1.807, 2.05) is 97.1 Å². The normalized spacial score (nSPS) is 27.9. The van der Waals surface area contributed by atoms with Crippen molar-refractivity contribution in [1.82, 2.24) is 4.90 Å². The van der Waals surface area contributed by atoms with Crippen LogP contribution < -0.4 is 0 Å². The van der Waals surface area contributed by atoms with Crippen molar-refractivity contribution in [1.29, 1.82) is 0 Å². The number of allylic oxidation sites excluding steroid dienone is 4. The van der Waals surface area contributed by atoms with E-state index in [-0.39, 0.29) is 47.1 Å². The number of aromatic hydroxyl groups is 1. The van der Waals surface area contributed by atoms with E-state index in [0.717, 1.165) is 11.1 Å². The van der Waals surface area contributed by atoms with Gasteiger partial charge in [0.25, 0.3) is 0 Å². The summed E-state index contributed by atoms with van der Waals surface area (Å²) in [5.74, 6) is -4.18. The van der Waals surface area contributed by atoms with Crippen LogP contribution in [0.2, 0.25) is 5.02 Å². The number of ketones is 2. The predicted molar refractivity (Wildman–Crippen MR) is 182 cm³/mol.